The van der Waals surface area contributed by atoms with Crippen molar-refractivity contribution >= 4 is 11.7 Å². The first-order valence-electron chi connectivity index (χ1n) is 6.67. The van der Waals surface area contributed by atoms with E-state index < -0.39 is 5.97 Å². The highest BCUT2D eigenvalue weighted by atomic mass is 16.5. The first-order chi connectivity index (χ1) is 9.01. The van der Waals surface area contributed by atoms with Gasteiger partial charge in [-0.1, -0.05) is 13.8 Å². The summed E-state index contributed by atoms with van der Waals surface area (Å²) >= 11 is 0. The third-order valence-corrected chi connectivity index (χ3v) is 3.64. The van der Waals surface area contributed by atoms with E-state index in [1.54, 1.807) is 13.2 Å². The number of carboxylic acids is 1. The lowest BCUT2D eigenvalue weighted by Gasteiger charge is -2.37. The second kappa shape index (κ2) is 5.51. The van der Waals surface area contributed by atoms with Gasteiger partial charge in [0.15, 0.2) is 0 Å². The lowest BCUT2D eigenvalue weighted by molar-refractivity contribution is 0.0697. The third kappa shape index (κ3) is 3.00. The van der Waals surface area contributed by atoms with Gasteiger partial charge in [-0.3, -0.25) is 0 Å². The van der Waals surface area contributed by atoms with Gasteiger partial charge in [0.25, 0.3) is 0 Å². The highest BCUT2D eigenvalue weighted by Crippen LogP contribution is 2.31. The predicted molar refractivity (Wildman–Crippen MR) is 75.1 cm³/mol. The molecule has 0 aliphatic carbocycles. The molecule has 1 saturated heterocycles. The van der Waals surface area contributed by atoms with Crippen molar-refractivity contribution in [3.8, 4) is 5.75 Å². The topological polar surface area (TPSA) is 49.8 Å². The number of carbonyl (C=O) groups is 1. The number of nitrogens with zero attached hydrogens (tertiary/aromatic N) is 1. The Morgan fingerprint density at radius 1 is 1.32 bits per heavy atom. The van der Waals surface area contributed by atoms with Crippen LogP contribution in [0, 0.1) is 11.8 Å². The van der Waals surface area contributed by atoms with E-state index >= 15 is 0 Å². The molecule has 19 heavy (non-hydrogen) atoms. The van der Waals surface area contributed by atoms with Crippen LogP contribution >= 0.6 is 0 Å². The predicted octanol–water partition coefficient (Wildman–Crippen LogP) is 2.88. The fraction of sp³-hybridized carbons (Fsp3) is 0.533. The molecule has 1 fully saturated rings. The molecular formula is C15H21NO3. The number of carboxylic acid groups (broad SMARTS) is 1. The van der Waals surface area contributed by atoms with E-state index in [0.717, 1.165) is 18.8 Å². The summed E-state index contributed by atoms with van der Waals surface area (Å²) in [6.45, 7) is 6.26. The number of methoxy groups -OCH3 is 1. The Morgan fingerprint density at radius 3 is 2.47 bits per heavy atom. The Bertz CT molecular complexity index is 462. The lowest BCUT2D eigenvalue weighted by atomic mass is 9.91. The van der Waals surface area contributed by atoms with E-state index in [1.165, 1.54) is 6.42 Å². The molecule has 0 saturated carbocycles. The number of anilines is 1. The van der Waals surface area contributed by atoms with Crippen LogP contribution in [0.5, 0.6) is 5.75 Å². The maximum absolute atomic E-state index is 11.4. The highest BCUT2D eigenvalue weighted by molar-refractivity contribution is 5.95. The number of piperidine rings is 1. The second-order valence-electron chi connectivity index (χ2n) is 5.54. The summed E-state index contributed by atoms with van der Waals surface area (Å²) in [4.78, 5) is 13.6. The molecule has 0 unspecified atom stereocenters. The molecule has 4 nitrogen and oxygen atoms in total. The van der Waals surface area contributed by atoms with Crippen LogP contribution in [-0.4, -0.2) is 31.3 Å². The van der Waals surface area contributed by atoms with Crippen LogP contribution < -0.4 is 9.64 Å². The summed E-state index contributed by atoms with van der Waals surface area (Å²) in [6.07, 6.45) is 1.20. The SMILES string of the molecule is COc1ccc(N2C[C@H](C)C[C@H](C)C2)c(C(=O)O)c1. The molecule has 2 rings (SSSR count). The van der Waals surface area contributed by atoms with Crippen molar-refractivity contribution in [2.45, 2.75) is 20.3 Å². The summed E-state index contributed by atoms with van der Waals surface area (Å²) in [6, 6.07) is 5.28. The molecule has 4 heteroatoms. The summed E-state index contributed by atoms with van der Waals surface area (Å²) in [5, 5.41) is 9.37. The first kappa shape index (κ1) is 13.7. The van der Waals surface area contributed by atoms with E-state index in [0.29, 0.717) is 23.1 Å². The third-order valence-electron chi connectivity index (χ3n) is 3.64. The fourth-order valence-corrected chi connectivity index (χ4v) is 2.95. The van der Waals surface area contributed by atoms with E-state index in [2.05, 4.69) is 18.7 Å². The van der Waals surface area contributed by atoms with E-state index in [9.17, 15) is 9.90 Å². The van der Waals surface area contributed by atoms with Gasteiger partial charge in [0, 0.05) is 13.1 Å². The van der Waals surface area contributed by atoms with E-state index in [1.807, 2.05) is 12.1 Å². The second-order valence-corrected chi connectivity index (χ2v) is 5.54. The summed E-state index contributed by atoms with van der Waals surface area (Å²) < 4.78 is 5.11. The highest BCUT2D eigenvalue weighted by Gasteiger charge is 2.25. The van der Waals surface area contributed by atoms with Crippen LogP contribution in [0.3, 0.4) is 0 Å². The van der Waals surface area contributed by atoms with Gasteiger partial charge >= 0.3 is 5.97 Å². The Balaban J connectivity index is 2.35. The molecule has 1 aliphatic heterocycles. The van der Waals surface area contributed by atoms with Crippen LogP contribution in [0.1, 0.15) is 30.6 Å². The van der Waals surface area contributed by atoms with Gasteiger partial charge in [-0.25, -0.2) is 4.79 Å². The maximum atomic E-state index is 11.4. The van der Waals surface area contributed by atoms with Crippen LogP contribution in [0.25, 0.3) is 0 Å². The zero-order valence-electron chi connectivity index (χ0n) is 11.7. The molecule has 2 atom stereocenters. The number of hydrogen-bond donors (Lipinski definition) is 1. The Kier molecular flexibility index (Phi) is 3.98. The minimum absolute atomic E-state index is 0.320. The number of ether oxygens (including phenoxy) is 1. The van der Waals surface area contributed by atoms with Crippen molar-refractivity contribution in [2.75, 3.05) is 25.1 Å². The van der Waals surface area contributed by atoms with Crippen molar-refractivity contribution < 1.29 is 14.6 Å². The van der Waals surface area contributed by atoms with Crippen LogP contribution in [0.4, 0.5) is 5.69 Å². The Hall–Kier alpha value is -1.71. The molecule has 0 amide bonds. The van der Waals surface area contributed by atoms with Gasteiger partial charge in [0.2, 0.25) is 0 Å². The largest absolute Gasteiger partial charge is 0.497 e. The normalized spacial score (nSPS) is 23.2. The van der Waals surface area contributed by atoms with Crippen molar-refractivity contribution in [1.82, 2.24) is 0 Å². The molecule has 1 aliphatic rings. The van der Waals surface area contributed by atoms with Crippen LogP contribution in [0.2, 0.25) is 0 Å². The van der Waals surface area contributed by atoms with Crippen molar-refractivity contribution in [3.05, 3.63) is 23.8 Å². The average molecular weight is 263 g/mol. The van der Waals surface area contributed by atoms with Crippen LogP contribution in [-0.2, 0) is 0 Å². The van der Waals surface area contributed by atoms with Gasteiger partial charge < -0.3 is 14.7 Å². The maximum Gasteiger partial charge on any atom is 0.337 e. The molecule has 1 aromatic rings. The molecule has 0 spiro atoms. The van der Waals surface area contributed by atoms with Crippen molar-refractivity contribution in [3.63, 3.8) is 0 Å². The number of hydrogen-bond acceptors (Lipinski definition) is 3. The van der Waals surface area contributed by atoms with Gasteiger partial charge in [0.05, 0.1) is 18.4 Å². The zero-order valence-corrected chi connectivity index (χ0v) is 11.7. The summed E-state index contributed by atoms with van der Waals surface area (Å²) in [5.74, 6) is 0.860. The zero-order chi connectivity index (χ0) is 14.0. The number of rotatable bonds is 3. The molecular weight excluding hydrogens is 242 g/mol. The van der Waals surface area contributed by atoms with Crippen molar-refractivity contribution in [2.24, 2.45) is 11.8 Å². The average Bonchev–Trinajstić information content (AvgIpc) is 2.36. The van der Waals surface area contributed by atoms with E-state index in [4.69, 9.17) is 4.74 Å². The molecule has 104 valence electrons. The molecule has 1 aromatic carbocycles. The van der Waals surface area contributed by atoms with Crippen molar-refractivity contribution in [1.29, 1.82) is 0 Å². The molecule has 0 radical (unpaired) electrons. The van der Waals surface area contributed by atoms with Gasteiger partial charge in [-0.2, -0.15) is 0 Å². The van der Waals surface area contributed by atoms with E-state index in [-0.39, 0.29) is 0 Å². The minimum atomic E-state index is -0.903. The van der Waals surface area contributed by atoms with Crippen LogP contribution in [0.15, 0.2) is 18.2 Å². The number of aromatic carboxylic acids is 1. The standard InChI is InChI=1S/C15H21NO3/c1-10-6-11(2)9-16(8-10)14-5-4-12(19-3)7-13(14)15(17)18/h4-5,7,10-11H,6,8-9H2,1-3H3,(H,17,18)/t10-,11+. The van der Waals surface area contributed by atoms with Gasteiger partial charge in [0.1, 0.15) is 5.75 Å². The lowest BCUT2D eigenvalue weighted by Crippen LogP contribution is -2.39. The molecule has 1 N–H and O–H groups in total. The molecule has 0 bridgehead atoms. The quantitative estimate of drug-likeness (QED) is 0.911. The molecule has 1 heterocycles. The van der Waals surface area contributed by atoms with Gasteiger partial charge in [-0.15, -0.1) is 0 Å². The Morgan fingerprint density at radius 2 is 1.95 bits per heavy atom. The minimum Gasteiger partial charge on any atom is -0.497 e. The Labute approximate surface area is 114 Å². The smallest absolute Gasteiger partial charge is 0.337 e. The monoisotopic (exact) mass is 263 g/mol. The molecule has 0 aromatic heterocycles. The first-order valence-corrected chi connectivity index (χ1v) is 6.67. The number of benzene rings is 1. The summed E-state index contributed by atoms with van der Waals surface area (Å²) in [7, 11) is 1.55. The fourth-order valence-electron chi connectivity index (χ4n) is 2.95. The summed E-state index contributed by atoms with van der Waals surface area (Å²) in [5.41, 5.74) is 1.12. The van der Waals surface area contributed by atoms with Gasteiger partial charge in [-0.05, 0) is 36.5 Å².